The number of esters is 1. The minimum Gasteiger partial charge on any atom is -0.452 e. The molecule has 1 amide bonds. The van der Waals surface area contributed by atoms with Crippen molar-refractivity contribution in [1.82, 2.24) is 4.90 Å². The third-order valence-corrected chi connectivity index (χ3v) is 5.52. The highest BCUT2D eigenvalue weighted by Crippen LogP contribution is 2.17. The lowest BCUT2D eigenvalue weighted by Crippen LogP contribution is -2.40. The number of benzene rings is 1. The summed E-state index contributed by atoms with van der Waals surface area (Å²) in [5.41, 5.74) is -0.299. The first-order valence-corrected chi connectivity index (χ1v) is 8.89. The highest BCUT2D eigenvalue weighted by molar-refractivity contribution is 7.91. The second-order valence-corrected chi connectivity index (χ2v) is 7.67. The van der Waals surface area contributed by atoms with E-state index < -0.39 is 39.3 Å². The molecule has 1 aliphatic rings. The summed E-state index contributed by atoms with van der Waals surface area (Å²) in [5, 5.41) is 10.7. The highest BCUT2D eigenvalue weighted by atomic mass is 32.2. The first-order valence-electron chi connectivity index (χ1n) is 7.07. The van der Waals surface area contributed by atoms with Gasteiger partial charge in [0.05, 0.1) is 22.0 Å². The number of likely N-dealkylation sites (N-methyl/N-ethyl adjacent to an activating group) is 1. The summed E-state index contributed by atoms with van der Waals surface area (Å²) >= 11 is 0. The van der Waals surface area contributed by atoms with Gasteiger partial charge in [0.1, 0.15) is 0 Å². The van der Waals surface area contributed by atoms with Gasteiger partial charge in [0.25, 0.3) is 11.6 Å². The topological polar surface area (TPSA) is 124 Å². The molecule has 1 saturated heterocycles. The van der Waals surface area contributed by atoms with E-state index in [9.17, 15) is 28.1 Å². The maximum atomic E-state index is 12.0. The molecular weight excluding hydrogens is 340 g/mol. The van der Waals surface area contributed by atoms with Gasteiger partial charge in [-0.2, -0.15) is 0 Å². The summed E-state index contributed by atoms with van der Waals surface area (Å²) in [5.74, 6) is -1.47. The Morgan fingerprint density at radius 1 is 1.42 bits per heavy atom. The zero-order valence-corrected chi connectivity index (χ0v) is 13.7. The SMILES string of the molecule is CN(C(=O)COC(=O)c1cccc([N+](=O)[O-])c1)[C@@H]1CCS(=O)(=O)C1. The van der Waals surface area contributed by atoms with Crippen LogP contribution in [-0.4, -0.2) is 61.3 Å². The molecule has 0 spiro atoms. The van der Waals surface area contributed by atoms with E-state index in [0.717, 1.165) is 6.07 Å². The summed E-state index contributed by atoms with van der Waals surface area (Å²) in [7, 11) is -1.67. The van der Waals surface area contributed by atoms with Gasteiger partial charge in [-0.05, 0) is 12.5 Å². The number of carbonyl (C=O) groups excluding carboxylic acids is 2. The molecule has 0 radical (unpaired) electrons. The fraction of sp³-hybridized carbons (Fsp3) is 0.429. The lowest BCUT2D eigenvalue weighted by molar-refractivity contribution is -0.384. The Hall–Kier alpha value is -2.49. The van der Waals surface area contributed by atoms with Gasteiger partial charge in [-0.25, -0.2) is 13.2 Å². The number of rotatable bonds is 5. The molecule has 0 aromatic heterocycles. The number of nitro groups is 1. The molecule has 0 aliphatic carbocycles. The summed E-state index contributed by atoms with van der Waals surface area (Å²) < 4.78 is 27.7. The fourth-order valence-corrected chi connectivity index (χ4v) is 4.12. The van der Waals surface area contributed by atoms with Crippen LogP contribution in [0.2, 0.25) is 0 Å². The second kappa shape index (κ2) is 6.95. The zero-order valence-electron chi connectivity index (χ0n) is 12.9. The molecule has 0 bridgehead atoms. The van der Waals surface area contributed by atoms with Crippen molar-refractivity contribution in [2.45, 2.75) is 12.5 Å². The first-order chi connectivity index (χ1) is 11.2. The largest absolute Gasteiger partial charge is 0.452 e. The lowest BCUT2D eigenvalue weighted by atomic mass is 10.2. The van der Waals surface area contributed by atoms with Crippen LogP contribution in [0.25, 0.3) is 0 Å². The molecular formula is C14H16N2O7S. The van der Waals surface area contributed by atoms with Crippen LogP contribution in [-0.2, 0) is 19.4 Å². The minimum absolute atomic E-state index is 0.0305. The average Bonchev–Trinajstić information content (AvgIpc) is 2.91. The van der Waals surface area contributed by atoms with Crippen molar-refractivity contribution in [1.29, 1.82) is 0 Å². The Bertz CT molecular complexity index is 775. The number of hydrogen-bond donors (Lipinski definition) is 0. The van der Waals surface area contributed by atoms with Crippen molar-refractivity contribution in [2.75, 3.05) is 25.2 Å². The molecule has 0 saturated carbocycles. The van der Waals surface area contributed by atoms with Crippen molar-refractivity contribution in [3.8, 4) is 0 Å². The van der Waals surface area contributed by atoms with Crippen LogP contribution in [0, 0.1) is 10.1 Å². The van der Waals surface area contributed by atoms with Gasteiger partial charge in [-0.3, -0.25) is 14.9 Å². The Kier molecular flexibility index (Phi) is 5.17. The standard InChI is InChI=1S/C14H16N2O7S/c1-15(12-5-6-24(21,22)9-12)13(17)8-23-14(18)10-3-2-4-11(7-10)16(19)20/h2-4,7,12H,5-6,8-9H2,1H3/t12-/m1/s1. The zero-order chi connectivity index (χ0) is 17.9. The van der Waals surface area contributed by atoms with Crippen LogP contribution in [0.4, 0.5) is 5.69 Å². The van der Waals surface area contributed by atoms with E-state index in [2.05, 4.69) is 0 Å². The van der Waals surface area contributed by atoms with E-state index >= 15 is 0 Å². The number of carbonyl (C=O) groups is 2. The van der Waals surface area contributed by atoms with Crippen LogP contribution >= 0.6 is 0 Å². The van der Waals surface area contributed by atoms with Crippen LogP contribution in [0.1, 0.15) is 16.8 Å². The maximum Gasteiger partial charge on any atom is 0.338 e. The van der Waals surface area contributed by atoms with E-state index in [0.29, 0.717) is 6.42 Å². The van der Waals surface area contributed by atoms with Crippen LogP contribution in [0.5, 0.6) is 0 Å². The molecule has 0 N–H and O–H groups in total. The van der Waals surface area contributed by atoms with Gasteiger partial charge in [0.2, 0.25) is 0 Å². The van der Waals surface area contributed by atoms with E-state index in [4.69, 9.17) is 4.74 Å². The van der Waals surface area contributed by atoms with E-state index in [1.54, 1.807) is 0 Å². The summed E-state index contributed by atoms with van der Waals surface area (Å²) in [4.78, 5) is 35.1. The minimum atomic E-state index is -3.13. The van der Waals surface area contributed by atoms with Gasteiger partial charge in [0, 0.05) is 25.2 Å². The summed E-state index contributed by atoms with van der Waals surface area (Å²) in [6, 6.07) is 4.54. The number of hydrogen-bond acceptors (Lipinski definition) is 7. The molecule has 0 unspecified atom stereocenters. The van der Waals surface area contributed by atoms with Crippen molar-refractivity contribution in [3.63, 3.8) is 0 Å². The number of amides is 1. The number of sulfone groups is 1. The molecule has 1 fully saturated rings. The number of nitrogens with zero attached hydrogens (tertiary/aromatic N) is 2. The fourth-order valence-electron chi connectivity index (χ4n) is 2.34. The number of non-ortho nitro benzene ring substituents is 1. The Morgan fingerprint density at radius 3 is 2.71 bits per heavy atom. The predicted octanol–water partition coefficient (Wildman–Crippen LogP) is 0.397. The van der Waals surface area contributed by atoms with Crippen LogP contribution in [0.3, 0.4) is 0 Å². The molecule has 1 heterocycles. The second-order valence-electron chi connectivity index (χ2n) is 5.45. The number of nitro benzene ring substituents is 1. The Balaban J connectivity index is 1.93. The maximum absolute atomic E-state index is 12.0. The quantitative estimate of drug-likeness (QED) is 0.425. The molecule has 130 valence electrons. The predicted molar refractivity (Wildman–Crippen MR) is 83.2 cm³/mol. The van der Waals surface area contributed by atoms with E-state index in [-0.39, 0.29) is 22.8 Å². The van der Waals surface area contributed by atoms with Gasteiger partial charge >= 0.3 is 5.97 Å². The summed E-state index contributed by atoms with van der Waals surface area (Å²) in [6.45, 7) is -0.561. The molecule has 10 heteroatoms. The molecule has 1 atom stereocenters. The Morgan fingerprint density at radius 2 is 2.12 bits per heavy atom. The molecule has 2 rings (SSSR count). The van der Waals surface area contributed by atoms with E-state index in [1.807, 2.05) is 0 Å². The third kappa shape index (κ3) is 4.28. The third-order valence-electron chi connectivity index (χ3n) is 3.77. The monoisotopic (exact) mass is 356 g/mol. The van der Waals surface area contributed by atoms with Crippen LogP contribution in [0.15, 0.2) is 24.3 Å². The highest BCUT2D eigenvalue weighted by Gasteiger charge is 2.33. The summed E-state index contributed by atoms with van der Waals surface area (Å²) in [6.07, 6.45) is 0.351. The van der Waals surface area contributed by atoms with Crippen molar-refractivity contribution < 1.29 is 27.7 Å². The molecule has 1 aromatic rings. The Labute approximate surface area is 138 Å². The van der Waals surface area contributed by atoms with Gasteiger partial charge < -0.3 is 9.64 Å². The van der Waals surface area contributed by atoms with Crippen LogP contribution < -0.4 is 0 Å². The van der Waals surface area contributed by atoms with Crippen molar-refractivity contribution in [3.05, 3.63) is 39.9 Å². The van der Waals surface area contributed by atoms with Gasteiger partial charge in [-0.15, -0.1) is 0 Å². The van der Waals surface area contributed by atoms with Crippen molar-refractivity contribution >= 4 is 27.4 Å². The van der Waals surface area contributed by atoms with Crippen molar-refractivity contribution in [2.24, 2.45) is 0 Å². The molecule has 24 heavy (non-hydrogen) atoms. The smallest absolute Gasteiger partial charge is 0.338 e. The van der Waals surface area contributed by atoms with Gasteiger partial charge in [0.15, 0.2) is 16.4 Å². The van der Waals surface area contributed by atoms with Gasteiger partial charge in [-0.1, -0.05) is 6.07 Å². The van der Waals surface area contributed by atoms with E-state index in [1.165, 1.54) is 30.1 Å². The first kappa shape index (κ1) is 17.9. The normalized spacial score (nSPS) is 18.8. The number of ether oxygens (including phenoxy) is 1. The molecule has 1 aliphatic heterocycles. The lowest BCUT2D eigenvalue weighted by Gasteiger charge is -2.23. The molecule has 9 nitrogen and oxygen atoms in total. The average molecular weight is 356 g/mol. The molecule has 1 aromatic carbocycles.